The van der Waals surface area contributed by atoms with Crippen molar-refractivity contribution in [2.45, 2.75) is 24.4 Å². The van der Waals surface area contributed by atoms with Crippen LogP contribution in [0, 0.1) is 11.8 Å². The van der Waals surface area contributed by atoms with Gasteiger partial charge in [-0.1, -0.05) is 18.5 Å². The first-order valence-electron chi connectivity index (χ1n) is 8.17. The van der Waals surface area contributed by atoms with Gasteiger partial charge in [-0.2, -0.15) is 17.5 Å². The van der Waals surface area contributed by atoms with E-state index in [9.17, 15) is 26.4 Å². The van der Waals surface area contributed by atoms with Crippen LogP contribution < -0.4 is 0 Å². The molecule has 1 aromatic carbocycles. The molecule has 2 aliphatic rings. The zero-order chi connectivity index (χ0) is 19.3. The van der Waals surface area contributed by atoms with Gasteiger partial charge in [0.15, 0.2) is 0 Å². The van der Waals surface area contributed by atoms with E-state index >= 15 is 0 Å². The molecular formula is C16H18ClF3N2O3S. The molecule has 0 spiro atoms. The maximum Gasteiger partial charge on any atom is 0.417 e. The van der Waals surface area contributed by atoms with Crippen LogP contribution in [0.1, 0.15) is 18.9 Å². The molecule has 3 rings (SSSR count). The molecule has 26 heavy (non-hydrogen) atoms. The minimum atomic E-state index is -4.74. The summed E-state index contributed by atoms with van der Waals surface area (Å²) >= 11 is 5.55. The normalized spacial score (nSPS) is 24.6. The Morgan fingerprint density at radius 2 is 1.77 bits per heavy atom. The topological polar surface area (TPSA) is 57.7 Å². The van der Waals surface area contributed by atoms with E-state index in [1.54, 1.807) is 4.90 Å². The first-order valence-corrected chi connectivity index (χ1v) is 9.99. The SMILES string of the molecule is C[C@H]1C[C@@H]1C(=O)N1CCN(S(=O)(=O)c2ccc(Cl)c(C(F)(F)F)c2)CC1. The molecule has 0 unspecified atom stereocenters. The first kappa shape index (κ1) is 19.4. The molecule has 0 N–H and O–H groups in total. The van der Waals surface area contributed by atoms with E-state index in [0.29, 0.717) is 12.0 Å². The lowest BCUT2D eigenvalue weighted by atomic mass is 10.2. The fourth-order valence-corrected chi connectivity index (χ4v) is 4.75. The molecule has 1 aliphatic carbocycles. The number of alkyl halides is 3. The van der Waals surface area contributed by atoms with Crippen molar-refractivity contribution in [1.82, 2.24) is 9.21 Å². The van der Waals surface area contributed by atoms with Crippen LogP contribution in [0.4, 0.5) is 13.2 Å². The highest BCUT2D eigenvalue weighted by Gasteiger charge is 2.43. The van der Waals surface area contributed by atoms with Gasteiger partial charge in [0.1, 0.15) is 0 Å². The third-order valence-electron chi connectivity index (χ3n) is 4.86. The summed E-state index contributed by atoms with van der Waals surface area (Å²) in [5.74, 6) is 0.406. The number of hydrogen-bond donors (Lipinski definition) is 0. The van der Waals surface area contributed by atoms with Gasteiger partial charge < -0.3 is 4.90 Å². The predicted octanol–water partition coefficient (Wildman–Crippen LogP) is 2.85. The van der Waals surface area contributed by atoms with E-state index < -0.39 is 31.7 Å². The van der Waals surface area contributed by atoms with Gasteiger partial charge in [0, 0.05) is 32.1 Å². The van der Waals surface area contributed by atoms with Crippen molar-refractivity contribution in [3.63, 3.8) is 0 Å². The molecule has 1 amide bonds. The highest BCUT2D eigenvalue weighted by Crippen LogP contribution is 2.39. The Kier molecular flexibility index (Phi) is 5.00. The second-order valence-corrected chi connectivity index (χ2v) is 9.03. The van der Waals surface area contributed by atoms with Crippen molar-refractivity contribution in [3.05, 3.63) is 28.8 Å². The molecule has 2 atom stereocenters. The van der Waals surface area contributed by atoms with Crippen molar-refractivity contribution >= 4 is 27.5 Å². The predicted molar refractivity (Wildman–Crippen MR) is 89.1 cm³/mol. The highest BCUT2D eigenvalue weighted by atomic mass is 35.5. The maximum atomic E-state index is 13.0. The zero-order valence-electron chi connectivity index (χ0n) is 14.0. The van der Waals surface area contributed by atoms with Crippen LogP contribution in [0.5, 0.6) is 0 Å². The first-order chi connectivity index (χ1) is 12.0. The molecule has 1 saturated heterocycles. The number of piperazine rings is 1. The lowest BCUT2D eigenvalue weighted by molar-refractivity contribution is -0.137. The number of halogens is 4. The van der Waals surface area contributed by atoms with Crippen LogP contribution in [0.2, 0.25) is 5.02 Å². The molecule has 0 bridgehead atoms. The smallest absolute Gasteiger partial charge is 0.340 e. The lowest BCUT2D eigenvalue weighted by Gasteiger charge is -2.34. The van der Waals surface area contributed by atoms with Gasteiger partial charge >= 0.3 is 6.18 Å². The van der Waals surface area contributed by atoms with Gasteiger partial charge in [0.05, 0.1) is 15.5 Å². The number of rotatable bonds is 3. The van der Waals surface area contributed by atoms with E-state index in [1.165, 1.54) is 0 Å². The van der Waals surface area contributed by atoms with Gasteiger partial charge in [0.2, 0.25) is 15.9 Å². The van der Waals surface area contributed by atoms with E-state index in [4.69, 9.17) is 11.6 Å². The summed E-state index contributed by atoms with van der Waals surface area (Å²) < 4.78 is 65.4. The van der Waals surface area contributed by atoms with E-state index in [-0.39, 0.29) is 38.0 Å². The molecule has 144 valence electrons. The fourth-order valence-electron chi connectivity index (χ4n) is 3.08. The van der Waals surface area contributed by atoms with Crippen molar-refractivity contribution in [2.24, 2.45) is 11.8 Å². The molecule has 10 heteroatoms. The molecule has 1 heterocycles. The third-order valence-corrected chi connectivity index (χ3v) is 7.08. The standard InChI is InChI=1S/C16H18ClF3N2O3S/c1-10-8-12(10)15(23)21-4-6-22(7-5-21)26(24,25)11-2-3-14(17)13(9-11)16(18,19)20/h2-3,9-10,12H,4-8H2,1H3/t10-,12-/m0/s1. The minimum Gasteiger partial charge on any atom is -0.340 e. The van der Waals surface area contributed by atoms with Crippen LogP contribution in [0.15, 0.2) is 23.1 Å². The molecule has 0 radical (unpaired) electrons. The summed E-state index contributed by atoms with van der Waals surface area (Å²) in [7, 11) is -4.09. The molecule has 1 aliphatic heterocycles. The van der Waals surface area contributed by atoms with Gasteiger partial charge in [-0.3, -0.25) is 4.79 Å². The van der Waals surface area contributed by atoms with Crippen molar-refractivity contribution in [1.29, 1.82) is 0 Å². The molecular weight excluding hydrogens is 393 g/mol. The Labute approximate surface area is 154 Å². The largest absolute Gasteiger partial charge is 0.417 e. The van der Waals surface area contributed by atoms with Crippen LogP contribution in [-0.4, -0.2) is 49.7 Å². The summed E-state index contributed by atoms with van der Waals surface area (Å²) in [6, 6.07) is 2.56. The molecule has 1 aromatic rings. The van der Waals surface area contributed by atoms with Crippen molar-refractivity contribution in [3.8, 4) is 0 Å². The van der Waals surface area contributed by atoms with Crippen molar-refractivity contribution < 1.29 is 26.4 Å². The number of amides is 1. The lowest BCUT2D eigenvalue weighted by Crippen LogP contribution is -2.51. The molecule has 1 saturated carbocycles. The fraction of sp³-hybridized carbons (Fsp3) is 0.562. The number of hydrogen-bond acceptors (Lipinski definition) is 3. The Bertz CT molecular complexity index is 821. The van der Waals surface area contributed by atoms with E-state index in [2.05, 4.69) is 0 Å². The molecule has 2 fully saturated rings. The Morgan fingerprint density at radius 3 is 2.27 bits per heavy atom. The minimum absolute atomic E-state index is 0.0174. The summed E-state index contributed by atoms with van der Waals surface area (Å²) in [6.45, 7) is 2.57. The van der Waals surface area contributed by atoms with Crippen LogP contribution in [0.3, 0.4) is 0 Å². The average molecular weight is 411 g/mol. The Balaban J connectivity index is 1.74. The maximum absolute atomic E-state index is 13.0. The van der Waals surface area contributed by atoms with Gasteiger partial charge in [-0.25, -0.2) is 8.42 Å². The number of benzene rings is 1. The number of nitrogens with zero attached hydrogens (tertiary/aromatic N) is 2. The van der Waals surface area contributed by atoms with Gasteiger partial charge in [-0.05, 0) is 30.5 Å². The van der Waals surface area contributed by atoms with Crippen LogP contribution in [0.25, 0.3) is 0 Å². The quantitative estimate of drug-likeness (QED) is 0.770. The van der Waals surface area contributed by atoms with E-state index in [1.807, 2.05) is 6.92 Å². The monoisotopic (exact) mass is 410 g/mol. The average Bonchev–Trinajstić information content (AvgIpc) is 3.30. The summed E-state index contributed by atoms with van der Waals surface area (Å²) in [4.78, 5) is 13.4. The van der Waals surface area contributed by atoms with E-state index in [0.717, 1.165) is 22.9 Å². The second kappa shape index (κ2) is 6.69. The Morgan fingerprint density at radius 1 is 1.19 bits per heavy atom. The van der Waals surface area contributed by atoms with Gasteiger partial charge in [0.25, 0.3) is 0 Å². The number of carbonyl (C=O) groups excluding carboxylic acids is 1. The third kappa shape index (κ3) is 3.70. The summed E-state index contributed by atoms with van der Waals surface area (Å²) in [5.41, 5.74) is -1.18. The molecule has 5 nitrogen and oxygen atoms in total. The van der Waals surface area contributed by atoms with Gasteiger partial charge in [-0.15, -0.1) is 0 Å². The molecule has 0 aromatic heterocycles. The number of carbonyl (C=O) groups is 1. The summed E-state index contributed by atoms with van der Waals surface area (Å²) in [5, 5.41) is -0.551. The number of sulfonamides is 1. The zero-order valence-corrected chi connectivity index (χ0v) is 15.5. The second-order valence-electron chi connectivity index (χ2n) is 6.69. The van der Waals surface area contributed by atoms with Crippen LogP contribution >= 0.6 is 11.6 Å². The summed E-state index contributed by atoms with van der Waals surface area (Å²) in [6.07, 6.45) is -3.89. The highest BCUT2D eigenvalue weighted by molar-refractivity contribution is 7.89. The van der Waals surface area contributed by atoms with Crippen molar-refractivity contribution in [2.75, 3.05) is 26.2 Å². The van der Waals surface area contributed by atoms with Crippen LogP contribution in [-0.2, 0) is 21.0 Å². The Hall–Kier alpha value is -1.32.